The van der Waals surface area contributed by atoms with Crippen molar-refractivity contribution in [1.29, 1.82) is 10.7 Å². The molecule has 1 aromatic carbocycles. The molecule has 0 aliphatic heterocycles. The van der Waals surface area contributed by atoms with Crippen LogP contribution in [0.2, 0.25) is 0 Å². The number of fused-ring (bicyclic) bond motifs is 1. The van der Waals surface area contributed by atoms with Gasteiger partial charge in [0.1, 0.15) is 41.2 Å². The number of nitrogen functional groups attached to an aromatic ring is 1. The van der Waals surface area contributed by atoms with Crippen LogP contribution in [0, 0.1) is 28.4 Å². The van der Waals surface area contributed by atoms with Gasteiger partial charge in [-0.15, -0.1) is 0 Å². The van der Waals surface area contributed by atoms with Gasteiger partial charge in [-0.1, -0.05) is 6.92 Å². The summed E-state index contributed by atoms with van der Waals surface area (Å²) in [5.41, 5.74) is 6.66. The summed E-state index contributed by atoms with van der Waals surface area (Å²) in [5, 5.41) is 21.0. The zero-order valence-corrected chi connectivity index (χ0v) is 19.6. The first-order valence-corrected chi connectivity index (χ1v) is 11.0. The molecule has 0 saturated heterocycles. The van der Waals surface area contributed by atoms with Gasteiger partial charge in [-0.05, 0) is 18.6 Å². The fraction of sp³-hybridized carbons (Fsp3) is 0.167. The van der Waals surface area contributed by atoms with Crippen molar-refractivity contribution in [3.8, 4) is 17.2 Å². The second-order valence-corrected chi connectivity index (χ2v) is 7.94. The highest BCUT2D eigenvalue weighted by molar-refractivity contribution is 6.03. The van der Waals surface area contributed by atoms with Crippen molar-refractivity contribution in [3.63, 3.8) is 0 Å². The maximum absolute atomic E-state index is 14.1. The number of nitriles is 1. The lowest BCUT2D eigenvalue weighted by Crippen LogP contribution is -2.15. The van der Waals surface area contributed by atoms with Crippen LogP contribution in [0.3, 0.4) is 0 Å². The first kappa shape index (κ1) is 26.1. The monoisotopic (exact) mass is 527 g/mol. The molecular weight excluding hydrogens is 509 g/mol. The highest BCUT2D eigenvalue weighted by Crippen LogP contribution is 2.40. The number of benzene rings is 1. The predicted octanol–water partition coefficient (Wildman–Crippen LogP) is 5.24. The summed E-state index contributed by atoms with van der Waals surface area (Å²) in [6.45, 7) is 1.76. The first-order valence-electron chi connectivity index (χ1n) is 11.0. The smallest absolute Gasteiger partial charge is 0.383 e. The molecule has 0 aliphatic carbocycles. The maximum atomic E-state index is 14.1. The summed E-state index contributed by atoms with van der Waals surface area (Å²) >= 11 is 0. The van der Waals surface area contributed by atoms with Gasteiger partial charge < -0.3 is 21.0 Å². The Balaban J connectivity index is 1.90. The van der Waals surface area contributed by atoms with Gasteiger partial charge in [-0.3, -0.25) is 0 Å². The van der Waals surface area contributed by atoms with Gasteiger partial charge in [0.15, 0.2) is 0 Å². The molecule has 0 amide bonds. The molecule has 0 fully saturated rings. The molecule has 1 unspecified atom stereocenters. The molecule has 9 nitrogen and oxygen atoms in total. The van der Waals surface area contributed by atoms with Gasteiger partial charge in [0.2, 0.25) is 5.82 Å². The van der Waals surface area contributed by atoms with Crippen LogP contribution in [0.5, 0.6) is 0 Å². The Morgan fingerprint density at radius 2 is 1.92 bits per heavy atom. The lowest BCUT2D eigenvalue weighted by atomic mass is 10.0. The minimum absolute atomic E-state index is 0.0388. The normalized spacial score (nSPS) is 12.8. The number of alkyl halides is 3. The van der Waals surface area contributed by atoms with Crippen LogP contribution >= 0.6 is 0 Å². The number of nitrogens with one attached hydrogen (secondary N) is 2. The summed E-state index contributed by atoms with van der Waals surface area (Å²) in [6, 6.07) is 4.25. The highest BCUT2D eigenvalue weighted by atomic mass is 19.4. The topological polar surface area (TPSA) is 142 Å². The number of allylic oxidation sites excluding steroid dienone is 1. The van der Waals surface area contributed by atoms with E-state index in [1.165, 1.54) is 16.8 Å². The van der Waals surface area contributed by atoms with E-state index < -0.39 is 29.7 Å². The summed E-state index contributed by atoms with van der Waals surface area (Å²) in [7, 11) is 0. The Morgan fingerprint density at radius 1 is 1.21 bits per heavy atom. The SMILES string of the molecule is CCC(/C(C=N)=C/Nc1ccc(F)cc1F)n1c(C#N)c(-c2cnc(C(F)(F)F)nc2)c2c(N)ncnc21. The molecule has 4 rings (SSSR count). The zero-order chi connectivity index (χ0) is 27.6. The third kappa shape index (κ3) is 4.73. The predicted molar refractivity (Wildman–Crippen MR) is 129 cm³/mol. The maximum Gasteiger partial charge on any atom is 0.451 e. The second kappa shape index (κ2) is 10.2. The van der Waals surface area contributed by atoms with E-state index in [4.69, 9.17) is 11.1 Å². The van der Waals surface area contributed by atoms with Crippen LogP contribution in [0.1, 0.15) is 30.9 Å². The van der Waals surface area contributed by atoms with Gasteiger partial charge in [0, 0.05) is 47.6 Å². The van der Waals surface area contributed by atoms with E-state index in [-0.39, 0.29) is 44.9 Å². The Hall–Kier alpha value is -4.93. The van der Waals surface area contributed by atoms with Crippen molar-refractivity contribution in [2.24, 2.45) is 0 Å². The van der Waals surface area contributed by atoms with Crippen molar-refractivity contribution >= 4 is 28.8 Å². The van der Waals surface area contributed by atoms with Crippen LogP contribution in [0.25, 0.3) is 22.2 Å². The molecule has 3 aromatic heterocycles. The Bertz CT molecular complexity index is 1580. The number of nitrogens with zero attached hydrogens (tertiary/aromatic N) is 6. The van der Waals surface area contributed by atoms with Crippen LogP contribution in [-0.2, 0) is 6.18 Å². The van der Waals surface area contributed by atoms with Crippen LogP contribution in [0.15, 0.2) is 48.7 Å². The molecule has 3 heterocycles. The minimum Gasteiger partial charge on any atom is -0.383 e. The molecule has 1 atom stereocenters. The molecule has 0 bridgehead atoms. The summed E-state index contributed by atoms with van der Waals surface area (Å²) < 4.78 is 67.9. The van der Waals surface area contributed by atoms with Gasteiger partial charge in [0.25, 0.3) is 0 Å². The lowest BCUT2D eigenvalue weighted by Gasteiger charge is -2.20. The number of aromatic nitrogens is 5. The molecule has 4 N–H and O–H groups in total. The van der Waals surface area contributed by atoms with Crippen LogP contribution < -0.4 is 11.1 Å². The fourth-order valence-electron chi connectivity index (χ4n) is 4.02. The van der Waals surface area contributed by atoms with E-state index in [9.17, 15) is 27.2 Å². The van der Waals surface area contributed by atoms with E-state index >= 15 is 0 Å². The first-order chi connectivity index (χ1) is 18.1. The molecule has 38 heavy (non-hydrogen) atoms. The molecule has 194 valence electrons. The van der Waals surface area contributed by atoms with E-state index in [1.807, 2.05) is 6.07 Å². The largest absolute Gasteiger partial charge is 0.451 e. The third-order valence-electron chi connectivity index (χ3n) is 5.69. The number of hydrogen-bond donors (Lipinski definition) is 3. The summed E-state index contributed by atoms with van der Waals surface area (Å²) in [5.74, 6) is -3.01. The van der Waals surface area contributed by atoms with Gasteiger partial charge >= 0.3 is 6.18 Å². The molecule has 14 heteroatoms. The number of halogens is 5. The number of nitrogens with two attached hydrogens (primary N) is 1. The third-order valence-corrected chi connectivity index (χ3v) is 5.69. The molecule has 0 spiro atoms. The molecule has 0 radical (unpaired) electrons. The van der Waals surface area contributed by atoms with Crippen LogP contribution in [0.4, 0.5) is 33.5 Å². The standard InChI is InChI=1S/C24H18F5N9/c1-2-17(12(6-30)8-33-16-4-3-14(25)5-15(16)26)38-18(7-31)19(20-21(32)36-11-37-22(20)38)13-9-34-23(35-10-13)24(27,28)29/h3-6,8-11,17,30,33H,2H2,1H3,(H2,32,36,37)/b12-8+,30-6?. The van der Waals surface area contributed by atoms with Crippen molar-refractivity contribution in [1.82, 2.24) is 24.5 Å². The quantitative estimate of drug-likeness (QED) is 0.220. The average molecular weight is 527 g/mol. The Kier molecular flexibility index (Phi) is 7.02. The summed E-state index contributed by atoms with van der Waals surface area (Å²) in [4.78, 5) is 15.0. The van der Waals surface area contributed by atoms with Gasteiger partial charge in [0.05, 0.1) is 17.1 Å². The summed E-state index contributed by atoms with van der Waals surface area (Å²) in [6.07, 6.45) is 0.873. The lowest BCUT2D eigenvalue weighted by molar-refractivity contribution is -0.144. The van der Waals surface area contributed by atoms with E-state index in [2.05, 4.69) is 25.3 Å². The molecule has 0 aliphatic rings. The van der Waals surface area contributed by atoms with Crippen molar-refractivity contribution in [2.75, 3.05) is 11.1 Å². The molecule has 0 saturated carbocycles. The fourth-order valence-corrected chi connectivity index (χ4v) is 4.02. The average Bonchev–Trinajstić information content (AvgIpc) is 3.22. The van der Waals surface area contributed by atoms with Gasteiger partial charge in [-0.25, -0.2) is 28.7 Å². The van der Waals surface area contributed by atoms with E-state index in [0.29, 0.717) is 12.5 Å². The molecular formula is C24H18F5N9. The van der Waals surface area contributed by atoms with Crippen LogP contribution in [-0.4, -0.2) is 30.7 Å². The van der Waals surface area contributed by atoms with Crippen molar-refractivity contribution in [3.05, 3.63) is 71.8 Å². The Morgan fingerprint density at radius 3 is 2.50 bits per heavy atom. The van der Waals surface area contributed by atoms with Crippen molar-refractivity contribution < 1.29 is 22.0 Å². The number of hydrogen-bond acceptors (Lipinski definition) is 8. The van der Waals surface area contributed by atoms with Crippen molar-refractivity contribution in [2.45, 2.75) is 25.6 Å². The van der Waals surface area contributed by atoms with Gasteiger partial charge in [-0.2, -0.15) is 18.4 Å². The Labute approximate surface area is 212 Å². The highest BCUT2D eigenvalue weighted by Gasteiger charge is 2.35. The molecule has 4 aromatic rings. The number of anilines is 2. The number of rotatable bonds is 7. The minimum atomic E-state index is -4.76. The second-order valence-electron chi connectivity index (χ2n) is 7.94. The van der Waals surface area contributed by atoms with E-state index in [0.717, 1.165) is 31.0 Å². The zero-order valence-electron chi connectivity index (χ0n) is 19.6. The van der Waals surface area contributed by atoms with E-state index in [1.54, 1.807) is 6.92 Å².